The third-order valence-electron chi connectivity index (χ3n) is 2.29. The highest BCUT2D eigenvalue weighted by Gasteiger charge is 2.06. The van der Waals surface area contributed by atoms with Gasteiger partial charge in [0.15, 0.2) is 5.82 Å². The van der Waals surface area contributed by atoms with Gasteiger partial charge >= 0.3 is 0 Å². The highest BCUT2D eigenvalue weighted by atomic mass is 16.7. The average molecular weight is 214 g/mol. The van der Waals surface area contributed by atoms with E-state index < -0.39 is 0 Å². The van der Waals surface area contributed by atoms with E-state index in [1.54, 1.807) is 18.4 Å². The molecule has 0 radical (unpaired) electrons. The predicted molar refractivity (Wildman–Crippen MR) is 63.9 cm³/mol. The Balaban J connectivity index is 2.13. The molecular formula is C13H14N2O. The first-order valence-corrected chi connectivity index (χ1v) is 5.17. The zero-order valence-electron chi connectivity index (χ0n) is 9.21. The lowest BCUT2D eigenvalue weighted by molar-refractivity contribution is 0.160. The zero-order valence-corrected chi connectivity index (χ0v) is 9.21. The van der Waals surface area contributed by atoms with Crippen LogP contribution in [0.1, 0.15) is 5.56 Å². The van der Waals surface area contributed by atoms with Crippen LogP contribution in [0.2, 0.25) is 0 Å². The quantitative estimate of drug-likeness (QED) is 0.731. The first-order valence-electron chi connectivity index (χ1n) is 5.17. The van der Waals surface area contributed by atoms with Crippen LogP contribution in [-0.4, -0.2) is 12.1 Å². The Labute approximate surface area is 95.3 Å². The van der Waals surface area contributed by atoms with Crippen LogP contribution in [0.4, 0.5) is 5.82 Å². The van der Waals surface area contributed by atoms with Crippen molar-refractivity contribution in [2.24, 2.45) is 0 Å². The van der Waals surface area contributed by atoms with Crippen molar-refractivity contribution in [3.05, 3.63) is 60.3 Å². The van der Waals surface area contributed by atoms with E-state index in [1.807, 2.05) is 36.4 Å². The average Bonchev–Trinajstić information content (AvgIpc) is 2.38. The van der Waals surface area contributed by atoms with Gasteiger partial charge in [-0.15, -0.1) is 0 Å². The summed E-state index contributed by atoms with van der Waals surface area (Å²) in [5.41, 5.74) is 1.19. The summed E-state index contributed by atoms with van der Waals surface area (Å²) in [5.74, 6) is 0.814. The summed E-state index contributed by atoms with van der Waals surface area (Å²) in [6.07, 6.45) is 1.76. The summed E-state index contributed by atoms with van der Waals surface area (Å²) in [6.45, 7) is 0.689. The standard InChI is InChI=1S/C13H14N2O/c1-16-15(13-9-5-6-10-14-13)11-12-7-3-2-4-8-12/h2-10H,11H2,1H3. The lowest BCUT2D eigenvalue weighted by Crippen LogP contribution is -2.21. The molecule has 0 N–H and O–H groups in total. The maximum Gasteiger partial charge on any atom is 0.152 e. The fourth-order valence-electron chi connectivity index (χ4n) is 1.49. The zero-order chi connectivity index (χ0) is 11.2. The highest BCUT2D eigenvalue weighted by molar-refractivity contribution is 5.35. The summed E-state index contributed by atoms with van der Waals surface area (Å²) >= 11 is 0. The molecule has 1 aromatic carbocycles. The molecule has 0 bridgehead atoms. The molecule has 0 spiro atoms. The van der Waals surface area contributed by atoms with Crippen molar-refractivity contribution >= 4 is 5.82 Å². The highest BCUT2D eigenvalue weighted by Crippen LogP contribution is 2.13. The van der Waals surface area contributed by atoms with Crippen molar-refractivity contribution in [2.45, 2.75) is 6.54 Å². The van der Waals surface area contributed by atoms with Gasteiger partial charge in [-0.05, 0) is 17.7 Å². The summed E-state index contributed by atoms with van der Waals surface area (Å²) < 4.78 is 0. The predicted octanol–water partition coefficient (Wildman–Crippen LogP) is 2.65. The molecule has 0 unspecified atom stereocenters. The fourth-order valence-corrected chi connectivity index (χ4v) is 1.49. The molecule has 16 heavy (non-hydrogen) atoms. The summed E-state index contributed by atoms with van der Waals surface area (Å²) in [7, 11) is 1.65. The molecule has 0 aliphatic rings. The van der Waals surface area contributed by atoms with Crippen molar-refractivity contribution in [1.29, 1.82) is 0 Å². The van der Waals surface area contributed by atoms with Gasteiger partial charge in [0.25, 0.3) is 0 Å². The monoisotopic (exact) mass is 214 g/mol. The Kier molecular flexibility index (Phi) is 3.51. The van der Waals surface area contributed by atoms with E-state index in [1.165, 1.54) is 5.56 Å². The number of anilines is 1. The van der Waals surface area contributed by atoms with E-state index in [-0.39, 0.29) is 0 Å². The van der Waals surface area contributed by atoms with Crippen LogP contribution in [0.15, 0.2) is 54.7 Å². The fraction of sp³-hybridized carbons (Fsp3) is 0.154. The number of hydroxylamine groups is 1. The van der Waals surface area contributed by atoms with Gasteiger partial charge in [0, 0.05) is 6.20 Å². The lowest BCUT2D eigenvalue weighted by atomic mass is 10.2. The number of hydrogen-bond acceptors (Lipinski definition) is 3. The van der Waals surface area contributed by atoms with Crippen molar-refractivity contribution in [3.63, 3.8) is 0 Å². The number of nitrogens with zero attached hydrogens (tertiary/aromatic N) is 2. The molecule has 3 nitrogen and oxygen atoms in total. The second-order valence-corrected chi connectivity index (χ2v) is 3.39. The van der Waals surface area contributed by atoms with Crippen molar-refractivity contribution < 1.29 is 4.84 Å². The van der Waals surface area contributed by atoms with E-state index in [9.17, 15) is 0 Å². The molecule has 3 heteroatoms. The van der Waals surface area contributed by atoms with Gasteiger partial charge in [-0.1, -0.05) is 36.4 Å². The van der Waals surface area contributed by atoms with Crippen LogP contribution in [-0.2, 0) is 11.4 Å². The van der Waals surface area contributed by atoms with Crippen molar-refractivity contribution in [1.82, 2.24) is 4.98 Å². The van der Waals surface area contributed by atoms with Gasteiger partial charge in [0.2, 0.25) is 0 Å². The Morgan fingerprint density at radius 3 is 2.44 bits per heavy atom. The summed E-state index contributed by atoms with van der Waals surface area (Å²) in [6, 6.07) is 15.9. The number of pyridine rings is 1. The molecule has 0 saturated carbocycles. The summed E-state index contributed by atoms with van der Waals surface area (Å²) in [5, 5.41) is 1.76. The van der Waals surface area contributed by atoms with Crippen LogP contribution < -0.4 is 5.06 Å². The van der Waals surface area contributed by atoms with Crippen molar-refractivity contribution in [2.75, 3.05) is 12.2 Å². The lowest BCUT2D eigenvalue weighted by Gasteiger charge is -2.20. The summed E-state index contributed by atoms with van der Waals surface area (Å²) in [4.78, 5) is 9.56. The van der Waals surface area contributed by atoms with E-state index >= 15 is 0 Å². The molecule has 0 fully saturated rings. The third-order valence-corrected chi connectivity index (χ3v) is 2.29. The molecule has 1 aromatic heterocycles. The van der Waals surface area contributed by atoms with E-state index in [0.29, 0.717) is 6.54 Å². The normalized spacial score (nSPS) is 10.1. The molecule has 0 amide bonds. The van der Waals surface area contributed by atoms with Gasteiger partial charge in [-0.25, -0.2) is 10.0 Å². The van der Waals surface area contributed by atoms with Crippen LogP contribution in [0.3, 0.4) is 0 Å². The second kappa shape index (κ2) is 5.28. The molecule has 1 heterocycles. The van der Waals surface area contributed by atoms with Gasteiger partial charge < -0.3 is 0 Å². The molecule has 0 aliphatic carbocycles. The van der Waals surface area contributed by atoms with E-state index in [0.717, 1.165) is 5.82 Å². The van der Waals surface area contributed by atoms with Crippen LogP contribution in [0.5, 0.6) is 0 Å². The molecule has 2 aromatic rings. The number of benzene rings is 1. The minimum Gasteiger partial charge on any atom is -0.275 e. The Morgan fingerprint density at radius 2 is 1.81 bits per heavy atom. The number of hydrogen-bond donors (Lipinski definition) is 0. The van der Waals surface area contributed by atoms with Crippen LogP contribution in [0.25, 0.3) is 0 Å². The SMILES string of the molecule is CON(Cc1ccccc1)c1ccccn1. The van der Waals surface area contributed by atoms with Gasteiger partial charge in [-0.3, -0.25) is 4.84 Å². The minimum absolute atomic E-state index is 0.689. The molecule has 0 saturated heterocycles. The molecule has 2 rings (SSSR count). The largest absolute Gasteiger partial charge is 0.275 e. The van der Waals surface area contributed by atoms with E-state index in [4.69, 9.17) is 4.84 Å². The molecule has 0 aliphatic heterocycles. The maximum atomic E-state index is 5.31. The smallest absolute Gasteiger partial charge is 0.152 e. The topological polar surface area (TPSA) is 25.4 Å². The van der Waals surface area contributed by atoms with Crippen LogP contribution in [0, 0.1) is 0 Å². The molecule has 82 valence electrons. The van der Waals surface area contributed by atoms with E-state index in [2.05, 4.69) is 17.1 Å². The molecular weight excluding hydrogens is 200 g/mol. The minimum atomic E-state index is 0.689. The number of rotatable bonds is 4. The van der Waals surface area contributed by atoms with Gasteiger partial charge in [0.1, 0.15) is 0 Å². The molecule has 0 atom stereocenters. The Morgan fingerprint density at radius 1 is 1.06 bits per heavy atom. The third kappa shape index (κ3) is 2.58. The maximum absolute atomic E-state index is 5.31. The van der Waals surface area contributed by atoms with Crippen molar-refractivity contribution in [3.8, 4) is 0 Å². The first-order chi connectivity index (χ1) is 7.90. The first kappa shape index (κ1) is 10.6. The number of aromatic nitrogens is 1. The van der Waals surface area contributed by atoms with Gasteiger partial charge in [-0.2, -0.15) is 0 Å². The van der Waals surface area contributed by atoms with Crippen LogP contribution >= 0.6 is 0 Å². The van der Waals surface area contributed by atoms with Gasteiger partial charge in [0.05, 0.1) is 13.7 Å². The Bertz CT molecular complexity index is 416. The Hall–Kier alpha value is -1.87. The second-order valence-electron chi connectivity index (χ2n) is 3.39.